The van der Waals surface area contributed by atoms with Crippen molar-refractivity contribution in [1.82, 2.24) is 29.6 Å². The molecule has 0 fully saturated rings. The maximum absolute atomic E-state index is 6.46. The molecule has 2 aromatic carbocycles. The molecule has 0 aliphatic carbocycles. The van der Waals surface area contributed by atoms with E-state index in [1.54, 1.807) is 17.2 Å². The van der Waals surface area contributed by atoms with E-state index in [9.17, 15) is 0 Å². The fourth-order valence-electron chi connectivity index (χ4n) is 4.14. The molecule has 1 N–H and O–H groups in total. The van der Waals surface area contributed by atoms with E-state index in [0.29, 0.717) is 5.82 Å². The van der Waals surface area contributed by atoms with Crippen LogP contribution in [0.3, 0.4) is 0 Å². The minimum atomic E-state index is -0.0258. The maximum Gasteiger partial charge on any atom is 0.145 e. The number of ether oxygens (including phenoxy) is 1. The van der Waals surface area contributed by atoms with Crippen molar-refractivity contribution >= 4 is 33.3 Å². The second-order valence-electron chi connectivity index (χ2n) is 8.72. The normalized spacial score (nSPS) is 12.4. The first-order valence-corrected chi connectivity index (χ1v) is 11.2. The second kappa shape index (κ2) is 9.07. The van der Waals surface area contributed by atoms with Crippen LogP contribution in [0.2, 0.25) is 0 Å². The number of hydrogen-bond acceptors (Lipinski definition) is 7. The van der Waals surface area contributed by atoms with Crippen molar-refractivity contribution in [3.63, 3.8) is 0 Å². The number of hydrogen-bond donors (Lipinski definition) is 1. The van der Waals surface area contributed by atoms with Gasteiger partial charge in [-0.2, -0.15) is 5.10 Å². The standard InChI is InChI=1S/C26H27N7O/c1-17(14-32(2)3)34-24-12-19(20-13-30-33(4)15-20)11-23-25(24)26(29-16-28-23)31-21-7-8-22-18(10-21)6-5-9-27-22/h5-13,15-17H,14H2,1-4H3,(H,28,29,31)/t17-/m0/s1. The third-order valence-electron chi connectivity index (χ3n) is 5.56. The van der Waals surface area contributed by atoms with E-state index in [1.807, 2.05) is 69.9 Å². The van der Waals surface area contributed by atoms with Gasteiger partial charge in [0.25, 0.3) is 0 Å². The summed E-state index contributed by atoms with van der Waals surface area (Å²) in [5, 5.41) is 9.69. The molecule has 0 unspecified atom stereocenters. The SMILES string of the molecule is C[C@@H](CN(C)C)Oc1cc(-c2cnn(C)c2)cc2ncnc(Nc3ccc4ncccc4c3)c12. The van der Waals surface area contributed by atoms with Crippen LogP contribution in [0.1, 0.15) is 6.92 Å². The van der Waals surface area contributed by atoms with Crippen molar-refractivity contribution in [2.24, 2.45) is 7.05 Å². The number of aryl methyl sites for hydroxylation is 1. The molecule has 34 heavy (non-hydrogen) atoms. The Labute approximate surface area is 198 Å². The summed E-state index contributed by atoms with van der Waals surface area (Å²) in [6.45, 7) is 2.85. The highest BCUT2D eigenvalue weighted by Crippen LogP contribution is 2.37. The first-order valence-electron chi connectivity index (χ1n) is 11.2. The highest BCUT2D eigenvalue weighted by molar-refractivity contribution is 5.99. The molecule has 1 atom stereocenters. The smallest absolute Gasteiger partial charge is 0.145 e. The van der Waals surface area contributed by atoms with Crippen LogP contribution in [0.25, 0.3) is 32.9 Å². The molecular formula is C26H27N7O. The lowest BCUT2D eigenvalue weighted by Gasteiger charge is -2.21. The number of aromatic nitrogens is 5. The molecule has 0 bridgehead atoms. The van der Waals surface area contributed by atoms with Gasteiger partial charge in [-0.15, -0.1) is 0 Å². The number of likely N-dealkylation sites (N-methyl/N-ethyl adjacent to an activating group) is 1. The van der Waals surface area contributed by atoms with Crippen LogP contribution in [0, 0.1) is 0 Å². The van der Waals surface area contributed by atoms with Gasteiger partial charge >= 0.3 is 0 Å². The molecule has 172 valence electrons. The van der Waals surface area contributed by atoms with Gasteiger partial charge in [0.2, 0.25) is 0 Å². The summed E-state index contributed by atoms with van der Waals surface area (Å²) in [6, 6.07) is 14.1. The monoisotopic (exact) mass is 453 g/mol. The first kappa shape index (κ1) is 21.8. The molecule has 3 aromatic heterocycles. The van der Waals surface area contributed by atoms with Crippen LogP contribution >= 0.6 is 0 Å². The van der Waals surface area contributed by atoms with Gasteiger partial charge in [0.05, 0.1) is 22.6 Å². The second-order valence-corrected chi connectivity index (χ2v) is 8.72. The molecule has 0 saturated carbocycles. The summed E-state index contributed by atoms with van der Waals surface area (Å²) in [5.74, 6) is 1.43. The van der Waals surface area contributed by atoms with Gasteiger partial charge in [0.15, 0.2) is 0 Å². The molecule has 0 spiro atoms. The molecule has 3 heterocycles. The Balaban J connectivity index is 1.61. The maximum atomic E-state index is 6.46. The van der Waals surface area contributed by atoms with Crippen molar-refractivity contribution in [1.29, 1.82) is 0 Å². The van der Waals surface area contributed by atoms with Gasteiger partial charge in [-0.1, -0.05) is 6.07 Å². The zero-order valence-corrected chi connectivity index (χ0v) is 19.7. The molecule has 0 amide bonds. The van der Waals surface area contributed by atoms with Gasteiger partial charge in [0, 0.05) is 42.6 Å². The number of pyridine rings is 1. The topological polar surface area (TPSA) is 81.0 Å². The Hall–Kier alpha value is -4.04. The highest BCUT2D eigenvalue weighted by atomic mass is 16.5. The molecule has 5 aromatic rings. The Morgan fingerprint density at radius 2 is 1.91 bits per heavy atom. The zero-order valence-electron chi connectivity index (χ0n) is 19.7. The molecule has 8 nitrogen and oxygen atoms in total. The summed E-state index contributed by atoms with van der Waals surface area (Å²) >= 11 is 0. The third-order valence-corrected chi connectivity index (χ3v) is 5.56. The summed E-state index contributed by atoms with van der Waals surface area (Å²) in [7, 11) is 5.98. The number of nitrogens with zero attached hydrogens (tertiary/aromatic N) is 6. The minimum Gasteiger partial charge on any atom is -0.489 e. The molecule has 0 aliphatic heterocycles. The average molecular weight is 454 g/mol. The lowest BCUT2D eigenvalue weighted by Crippen LogP contribution is -2.28. The van der Waals surface area contributed by atoms with Crippen LogP contribution in [0.15, 0.2) is 67.4 Å². The van der Waals surface area contributed by atoms with Crippen molar-refractivity contribution < 1.29 is 4.74 Å². The zero-order chi connectivity index (χ0) is 23.7. The summed E-state index contributed by atoms with van der Waals surface area (Å²) in [4.78, 5) is 15.7. The van der Waals surface area contributed by atoms with Crippen molar-refractivity contribution in [2.75, 3.05) is 26.0 Å². The number of anilines is 2. The number of benzene rings is 2. The van der Waals surface area contributed by atoms with E-state index in [0.717, 1.165) is 50.9 Å². The molecule has 5 rings (SSSR count). The lowest BCUT2D eigenvalue weighted by atomic mass is 10.1. The van der Waals surface area contributed by atoms with E-state index >= 15 is 0 Å². The van der Waals surface area contributed by atoms with Gasteiger partial charge in [-0.3, -0.25) is 9.67 Å². The Bertz CT molecular complexity index is 1460. The van der Waals surface area contributed by atoms with Crippen LogP contribution in [0.5, 0.6) is 5.75 Å². The van der Waals surface area contributed by atoms with E-state index in [-0.39, 0.29) is 6.10 Å². The van der Waals surface area contributed by atoms with Crippen LogP contribution in [-0.4, -0.2) is 56.4 Å². The third kappa shape index (κ3) is 4.53. The highest BCUT2D eigenvalue weighted by Gasteiger charge is 2.17. The van der Waals surface area contributed by atoms with Gasteiger partial charge in [-0.25, -0.2) is 9.97 Å². The van der Waals surface area contributed by atoms with E-state index < -0.39 is 0 Å². The van der Waals surface area contributed by atoms with E-state index in [1.165, 1.54) is 0 Å². The fourth-order valence-corrected chi connectivity index (χ4v) is 4.14. The van der Waals surface area contributed by atoms with E-state index in [2.05, 4.69) is 43.3 Å². The largest absolute Gasteiger partial charge is 0.489 e. The molecule has 8 heteroatoms. The average Bonchev–Trinajstić information content (AvgIpc) is 3.24. The number of rotatable bonds is 7. The quantitative estimate of drug-likeness (QED) is 0.384. The first-order chi connectivity index (χ1) is 16.5. The molecular weight excluding hydrogens is 426 g/mol. The molecule has 0 aliphatic rings. The number of nitrogens with one attached hydrogen (secondary N) is 1. The van der Waals surface area contributed by atoms with Gasteiger partial charge in [0.1, 0.15) is 24.0 Å². The minimum absolute atomic E-state index is 0.0258. The molecule has 0 saturated heterocycles. The van der Waals surface area contributed by atoms with Crippen LogP contribution in [-0.2, 0) is 7.05 Å². The Morgan fingerprint density at radius 3 is 2.71 bits per heavy atom. The van der Waals surface area contributed by atoms with Crippen molar-refractivity contribution in [2.45, 2.75) is 13.0 Å². The van der Waals surface area contributed by atoms with Crippen molar-refractivity contribution in [3.05, 3.63) is 67.4 Å². The molecule has 0 radical (unpaired) electrons. The Morgan fingerprint density at radius 1 is 1.03 bits per heavy atom. The predicted octanol–water partition coefficient (Wildman–Crippen LogP) is 4.65. The Kier molecular flexibility index (Phi) is 5.81. The van der Waals surface area contributed by atoms with Crippen molar-refractivity contribution in [3.8, 4) is 16.9 Å². The lowest BCUT2D eigenvalue weighted by molar-refractivity contribution is 0.179. The van der Waals surface area contributed by atoms with Crippen LogP contribution < -0.4 is 10.1 Å². The van der Waals surface area contributed by atoms with E-state index in [4.69, 9.17) is 4.74 Å². The fraction of sp³-hybridized carbons (Fsp3) is 0.231. The summed E-state index contributed by atoms with van der Waals surface area (Å²) in [6.07, 6.45) is 7.18. The predicted molar refractivity (Wildman–Crippen MR) is 135 cm³/mol. The van der Waals surface area contributed by atoms with Gasteiger partial charge in [-0.05, 0) is 63.0 Å². The summed E-state index contributed by atoms with van der Waals surface area (Å²) in [5.41, 5.74) is 4.67. The number of fused-ring (bicyclic) bond motifs is 2. The summed E-state index contributed by atoms with van der Waals surface area (Å²) < 4.78 is 8.25. The van der Waals surface area contributed by atoms with Gasteiger partial charge < -0.3 is 15.0 Å². The van der Waals surface area contributed by atoms with Crippen LogP contribution in [0.4, 0.5) is 11.5 Å².